The lowest BCUT2D eigenvalue weighted by Crippen LogP contribution is -2.34. The molecule has 0 saturated heterocycles. The molecule has 1 aliphatic rings. The zero-order valence-electron chi connectivity index (χ0n) is 10.2. The van der Waals surface area contributed by atoms with Gasteiger partial charge in [0.1, 0.15) is 0 Å². The predicted molar refractivity (Wildman–Crippen MR) is 60.7 cm³/mol. The lowest BCUT2D eigenvalue weighted by Gasteiger charge is -2.39. The van der Waals surface area contributed by atoms with Crippen LogP contribution in [0.4, 0.5) is 0 Å². The maximum Gasteiger partial charge on any atom is 0.320 e. The Hall–Kier alpha value is -0.570. The molecule has 3 nitrogen and oxygen atoms in total. The molecule has 0 unspecified atom stereocenters. The Bertz CT molecular complexity index is 212. The van der Waals surface area contributed by atoms with Crippen molar-refractivity contribution in [3.63, 3.8) is 0 Å². The van der Waals surface area contributed by atoms with Gasteiger partial charge in [-0.3, -0.25) is 9.69 Å². The van der Waals surface area contributed by atoms with Crippen LogP contribution in [0.25, 0.3) is 0 Å². The van der Waals surface area contributed by atoms with Gasteiger partial charge in [0.2, 0.25) is 0 Å². The summed E-state index contributed by atoms with van der Waals surface area (Å²) in [6, 6.07) is 0. The first-order valence-electron chi connectivity index (χ1n) is 5.90. The van der Waals surface area contributed by atoms with Gasteiger partial charge in [-0.1, -0.05) is 13.3 Å². The van der Waals surface area contributed by atoms with E-state index in [2.05, 4.69) is 11.8 Å². The van der Waals surface area contributed by atoms with Gasteiger partial charge < -0.3 is 4.74 Å². The van der Waals surface area contributed by atoms with Crippen LogP contribution in [-0.2, 0) is 9.53 Å². The smallest absolute Gasteiger partial charge is 0.320 e. The van der Waals surface area contributed by atoms with Gasteiger partial charge in [0, 0.05) is 0 Å². The van der Waals surface area contributed by atoms with Gasteiger partial charge in [0.25, 0.3) is 0 Å². The fourth-order valence-corrected chi connectivity index (χ4v) is 2.00. The molecule has 88 valence electrons. The average Bonchev–Trinajstić information content (AvgIpc) is 2.12. The van der Waals surface area contributed by atoms with Crippen LogP contribution >= 0.6 is 0 Å². The van der Waals surface area contributed by atoms with E-state index in [9.17, 15) is 4.79 Å². The van der Waals surface area contributed by atoms with Gasteiger partial charge >= 0.3 is 5.97 Å². The molecule has 0 spiro atoms. The molecule has 1 fully saturated rings. The van der Waals surface area contributed by atoms with Crippen LogP contribution in [-0.4, -0.2) is 37.6 Å². The minimum absolute atomic E-state index is 0.112. The van der Waals surface area contributed by atoms with Gasteiger partial charge in [-0.15, -0.1) is 0 Å². The number of carbonyl (C=O) groups is 1. The lowest BCUT2D eigenvalue weighted by atomic mass is 9.68. The third-order valence-electron chi connectivity index (χ3n) is 3.36. The van der Waals surface area contributed by atoms with Crippen LogP contribution in [0.2, 0.25) is 0 Å². The second kappa shape index (κ2) is 5.50. The van der Waals surface area contributed by atoms with E-state index in [1.807, 2.05) is 14.0 Å². The van der Waals surface area contributed by atoms with Crippen molar-refractivity contribution in [1.82, 2.24) is 4.90 Å². The summed E-state index contributed by atoms with van der Waals surface area (Å²) in [6.07, 6.45) is 5.27. The van der Waals surface area contributed by atoms with E-state index in [0.29, 0.717) is 18.6 Å². The van der Waals surface area contributed by atoms with E-state index >= 15 is 0 Å². The zero-order valence-corrected chi connectivity index (χ0v) is 10.2. The van der Waals surface area contributed by atoms with Crippen LogP contribution in [0.3, 0.4) is 0 Å². The predicted octanol–water partition coefficient (Wildman–Crippen LogP) is 2.06. The van der Waals surface area contributed by atoms with E-state index in [1.165, 1.54) is 25.7 Å². The van der Waals surface area contributed by atoms with Crippen LogP contribution in [0.15, 0.2) is 0 Å². The van der Waals surface area contributed by atoms with Crippen LogP contribution in [0.1, 0.15) is 39.5 Å². The molecule has 1 aliphatic carbocycles. The molecule has 3 heteroatoms. The Morgan fingerprint density at radius 3 is 2.60 bits per heavy atom. The summed E-state index contributed by atoms with van der Waals surface area (Å²) in [5, 5.41) is 0. The Balaban J connectivity index is 2.12. The minimum Gasteiger partial charge on any atom is -0.465 e. The highest BCUT2D eigenvalue weighted by atomic mass is 16.5. The van der Waals surface area contributed by atoms with Crippen molar-refractivity contribution in [2.24, 2.45) is 5.41 Å². The second-order valence-corrected chi connectivity index (χ2v) is 4.96. The van der Waals surface area contributed by atoms with Crippen LogP contribution < -0.4 is 0 Å². The SMILES string of the molecule is CCOC(=O)CN(C)CCC1(C)CCC1. The van der Waals surface area contributed by atoms with Crippen molar-refractivity contribution in [1.29, 1.82) is 0 Å². The standard InChI is InChI=1S/C12H23NO2/c1-4-15-11(14)10-13(3)9-8-12(2)6-5-7-12/h4-10H2,1-3H3. The lowest BCUT2D eigenvalue weighted by molar-refractivity contribution is -0.144. The van der Waals surface area contributed by atoms with E-state index < -0.39 is 0 Å². The first kappa shape index (κ1) is 12.5. The molecule has 1 rings (SSSR count). The number of nitrogens with zero attached hydrogens (tertiary/aromatic N) is 1. The van der Waals surface area contributed by atoms with Crippen LogP contribution in [0, 0.1) is 5.41 Å². The third kappa shape index (κ3) is 4.20. The fraction of sp³-hybridized carbons (Fsp3) is 0.917. The molecule has 15 heavy (non-hydrogen) atoms. The quantitative estimate of drug-likeness (QED) is 0.633. The fourth-order valence-electron chi connectivity index (χ4n) is 2.00. The van der Waals surface area contributed by atoms with Crippen molar-refractivity contribution >= 4 is 5.97 Å². The molecule has 0 atom stereocenters. The summed E-state index contributed by atoms with van der Waals surface area (Å²) in [5.74, 6) is -0.112. The second-order valence-electron chi connectivity index (χ2n) is 4.96. The van der Waals surface area contributed by atoms with E-state index in [4.69, 9.17) is 4.74 Å². The van der Waals surface area contributed by atoms with Crippen molar-refractivity contribution in [2.45, 2.75) is 39.5 Å². The molecule has 0 amide bonds. The first-order chi connectivity index (χ1) is 7.06. The highest BCUT2D eigenvalue weighted by molar-refractivity contribution is 5.71. The minimum atomic E-state index is -0.112. The largest absolute Gasteiger partial charge is 0.465 e. The first-order valence-corrected chi connectivity index (χ1v) is 5.90. The maximum absolute atomic E-state index is 11.2. The Morgan fingerprint density at radius 1 is 1.47 bits per heavy atom. The van der Waals surface area contributed by atoms with E-state index in [0.717, 1.165) is 6.54 Å². The number of hydrogen-bond acceptors (Lipinski definition) is 3. The number of ether oxygens (including phenoxy) is 1. The summed E-state index contributed by atoms with van der Waals surface area (Å²) in [7, 11) is 1.99. The molecular formula is C12H23NO2. The number of esters is 1. The molecule has 0 N–H and O–H groups in total. The summed E-state index contributed by atoms with van der Waals surface area (Å²) in [4.78, 5) is 13.3. The van der Waals surface area contributed by atoms with Gasteiger partial charge in [-0.05, 0) is 45.2 Å². The molecule has 0 aliphatic heterocycles. The zero-order chi connectivity index (χ0) is 11.3. The molecule has 1 saturated carbocycles. The van der Waals surface area contributed by atoms with Gasteiger partial charge in [0.05, 0.1) is 13.2 Å². The number of rotatable bonds is 6. The van der Waals surface area contributed by atoms with Crippen molar-refractivity contribution < 1.29 is 9.53 Å². The number of likely N-dealkylation sites (N-methyl/N-ethyl adjacent to an activating group) is 1. The highest BCUT2D eigenvalue weighted by Gasteiger charge is 2.31. The highest BCUT2D eigenvalue weighted by Crippen LogP contribution is 2.43. The third-order valence-corrected chi connectivity index (χ3v) is 3.36. The molecular weight excluding hydrogens is 190 g/mol. The van der Waals surface area contributed by atoms with E-state index in [1.54, 1.807) is 0 Å². The van der Waals surface area contributed by atoms with Crippen molar-refractivity contribution in [3.05, 3.63) is 0 Å². The summed E-state index contributed by atoms with van der Waals surface area (Å²) < 4.78 is 4.90. The topological polar surface area (TPSA) is 29.5 Å². The summed E-state index contributed by atoms with van der Waals surface area (Å²) >= 11 is 0. The molecule has 0 bridgehead atoms. The number of hydrogen-bond donors (Lipinski definition) is 0. The van der Waals surface area contributed by atoms with Crippen molar-refractivity contribution in [2.75, 3.05) is 26.7 Å². The molecule has 0 aromatic heterocycles. The summed E-state index contributed by atoms with van der Waals surface area (Å²) in [5.41, 5.74) is 0.545. The monoisotopic (exact) mass is 213 g/mol. The summed E-state index contributed by atoms with van der Waals surface area (Å²) in [6.45, 7) is 6.08. The van der Waals surface area contributed by atoms with Crippen molar-refractivity contribution in [3.8, 4) is 0 Å². The maximum atomic E-state index is 11.2. The molecule has 0 radical (unpaired) electrons. The Labute approximate surface area is 92.8 Å². The van der Waals surface area contributed by atoms with Gasteiger partial charge in [0.15, 0.2) is 0 Å². The molecule has 0 aromatic rings. The van der Waals surface area contributed by atoms with Gasteiger partial charge in [-0.2, -0.15) is 0 Å². The van der Waals surface area contributed by atoms with Crippen LogP contribution in [0.5, 0.6) is 0 Å². The number of carbonyl (C=O) groups excluding carboxylic acids is 1. The molecule has 0 heterocycles. The average molecular weight is 213 g/mol. The Kier molecular flexibility index (Phi) is 4.58. The normalized spacial score (nSPS) is 18.7. The Morgan fingerprint density at radius 2 is 2.13 bits per heavy atom. The molecule has 0 aromatic carbocycles. The van der Waals surface area contributed by atoms with Gasteiger partial charge in [-0.25, -0.2) is 0 Å². The van der Waals surface area contributed by atoms with E-state index in [-0.39, 0.29) is 5.97 Å².